The third kappa shape index (κ3) is 3.31. The van der Waals surface area contributed by atoms with Gasteiger partial charge in [0.25, 0.3) is 0 Å². The minimum absolute atomic E-state index is 0.0264. The van der Waals surface area contributed by atoms with Crippen LogP contribution in [-0.2, 0) is 4.74 Å². The predicted octanol–water partition coefficient (Wildman–Crippen LogP) is 2.03. The first-order valence-electron chi connectivity index (χ1n) is 4.95. The second kappa shape index (κ2) is 5.12. The van der Waals surface area contributed by atoms with Crippen LogP contribution in [0.2, 0.25) is 0 Å². The van der Waals surface area contributed by atoms with E-state index >= 15 is 0 Å². The van der Waals surface area contributed by atoms with Crippen LogP contribution in [-0.4, -0.2) is 31.6 Å². The summed E-state index contributed by atoms with van der Waals surface area (Å²) in [4.78, 5) is 0. The molecule has 0 bridgehead atoms. The molecule has 90 valence electrons. The lowest BCUT2D eigenvalue weighted by Crippen LogP contribution is -2.36. The van der Waals surface area contributed by atoms with Crippen molar-refractivity contribution in [2.75, 3.05) is 13.2 Å². The Morgan fingerprint density at radius 3 is 2.53 bits per heavy atom. The summed E-state index contributed by atoms with van der Waals surface area (Å²) in [5.41, 5.74) is 5.41. The second-order valence-electron chi connectivity index (χ2n) is 3.84. The molecule has 0 aliphatic heterocycles. The first-order chi connectivity index (χ1) is 6.97. The SMILES string of the molecule is NCC1CCCC1OCC(F)(F)C(F)F. The van der Waals surface area contributed by atoms with Crippen LogP contribution in [0, 0.1) is 5.92 Å². The van der Waals surface area contributed by atoms with E-state index in [0.29, 0.717) is 13.0 Å². The van der Waals surface area contributed by atoms with Crippen molar-refractivity contribution in [3.63, 3.8) is 0 Å². The zero-order chi connectivity index (χ0) is 11.5. The fourth-order valence-electron chi connectivity index (χ4n) is 1.77. The van der Waals surface area contributed by atoms with Gasteiger partial charge < -0.3 is 10.5 Å². The zero-order valence-electron chi connectivity index (χ0n) is 8.27. The molecule has 0 aromatic heterocycles. The number of rotatable bonds is 5. The monoisotopic (exact) mass is 229 g/mol. The molecule has 1 fully saturated rings. The van der Waals surface area contributed by atoms with Gasteiger partial charge in [0, 0.05) is 0 Å². The molecule has 1 aliphatic rings. The van der Waals surface area contributed by atoms with E-state index in [0.717, 1.165) is 12.8 Å². The Hall–Kier alpha value is -0.360. The van der Waals surface area contributed by atoms with E-state index in [2.05, 4.69) is 0 Å². The van der Waals surface area contributed by atoms with Crippen molar-refractivity contribution in [1.82, 2.24) is 0 Å². The summed E-state index contributed by atoms with van der Waals surface area (Å²) >= 11 is 0. The standard InChI is InChI=1S/C9H15F4NO/c10-8(11)9(12,13)5-15-7-3-1-2-6(7)4-14/h6-8H,1-5,14H2. The van der Waals surface area contributed by atoms with Gasteiger partial charge in [0.2, 0.25) is 0 Å². The Morgan fingerprint density at radius 1 is 1.33 bits per heavy atom. The lowest BCUT2D eigenvalue weighted by molar-refractivity contribution is -0.178. The van der Waals surface area contributed by atoms with Gasteiger partial charge in [-0.2, -0.15) is 8.78 Å². The van der Waals surface area contributed by atoms with E-state index in [1.807, 2.05) is 0 Å². The molecular formula is C9H15F4NO. The molecule has 0 saturated heterocycles. The van der Waals surface area contributed by atoms with E-state index < -0.39 is 19.0 Å². The van der Waals surface area contributed by atoms with E-state index in [9.17, 15) is 17.6 Å². The molecule has 1 saturated carbocycles. The Balaban J connectivity index is 2.36. The smallest absolute Gasteiger partial charge is 0.330 e. The van der Waals surface area contributed by atoms with Gasteiger partial charge in [-0.1, -0.05) is 6.42 Å². The Morgan fingerprint density at radius 2 is 2.00 bits per heavy atom. The zero-order valence-corrected chi connectivity index (χ0v) is 8.27. The van der Waals surface area contributed by atoms with E-state index in [4.69, 9.17) is 10.5 Å². The Kier molecular flexibility index (Phi) is 4.33. The predicted molar refractivity (Wildman–Crippen MR) is 47.1 cm³/mol. The molecule has 1 aliphatic carbocycles. The van der Waals surface area contributed by atoms with Crippen molar-refractivity contribution in [2.45, 2.75) is 37.7 Å². The fourth-order valence-corrected chi connectivity index (χ4v) is 1.77. The number of nitrogens with two attached hydrogens (primary N) is 1. The second-order valence-corrected chi connectivity index (χ2v) is 3.84. The number of hydrogen-bond donors (Lipinski definition) is 1. The largest absolute Gasteiger partial charge is 0.371 e. The van der Waals surface area contributed by atoms with Gasteiger partial charge in [-0.05, 0) is 25.3 Å². The van der Waals surface area contributed by atoms with E-state index in [1.54, 1.807) is 0 Å². The molecule has 2 unspecified atom stereocenters. The van der Waals surface area contributed by atoms with Crippen LogP contribution in [0.15, 0.2) is 0 Å². The molecule has 2 N–H and O–H groups in total. The van der Waals surface area contributed by atoms with Crippen molar-refractivity contribution in [3.05, 3.63) is 0 Å². The van der Waals surface area contributed by atoms with Crippen LogP contribution in [0.4, 0.5) is 17.6 Å². The van der Waals surface area contributed by atoms with Crippen LogP contribution < -0.4 is 5.73 Å². The molecule has 0 aromatic rings. The maximum atomic E-state index is 12.5. The molecule has 0 aromatic carbocycles. The molecule has 0 spiro atoms. The molecule has 0 amide bonds. The average Bonchev–Trinajstić information content (AvgIpc) is 2.61. The summed E-state index contributed by atoms with van der Waals surface area (Å²) in [6, 6.07) is 0. The minimum Gasteiger partial charge on any atom is -0.371 e. The molecule has 2 nitrogen and oxygen atoms in total. The van der Waals surface area contributed by atoms with Crippen LogP contribution in [0.25, 0.3) is 0 Å². The highest BCUT2D eigenvalue weighted by Gasteiger charge is 2.42. The lowest BCUT2D eigenvalue weighted by Gasteiger charge is -2.22. The third-order valence-corrected chi connectivity index (χ3v) is 2.70. The highest BCUT2D eigenvalue weighted by atomic mass is 19.3. The normalized spacial score (nSPS) is 27.6. The van der Waals surface area contributed by atoms with Crippen molar-refractivity contribution in [3.8, 4) is 0 Å². The summed E-state index contributed by atoms with van der Waals surface area (Å²) in [6.45, 7) is -0.864. The van der Waals surface area contributed by atoms with Gasteiger partial charge in [0.1, 0.15) is 6.61 Å². The van der Waals surface area contributed by atoms with E-state index in [-0.39, 0.29) is 12.0 Å². The number of alkyl halides is 4. The first kappa shape index (κ1) is 12.7. The Labute approximate surface area is 85.8 Å². The molecule has 0 heterocycles. The van der Waals surface area contributed by atoms with Crippen LogP contribution in [0.5, 0.6) is 0 Å². The summed E-state index contributed by atoms with van der Waals surface area (Å²) in [7, 11) is 0. The van der Waals surface area contributed by atoms with Crippen LogP contribution >= 0.6 is 0 Å². The maximum Gasteiger partial charge on any atom is 0.330 e. The number of ether oxygens (including phenoxy) is 1. The topological polar surface area (TPSA) is 35.2 Å². The highest BCUT2D eigenvalue weighted by Crippen LogP contribution is 2.30. The molecule has 2 atom stereocenters. The van der Waals surface area contributed by atoms with Gasteiger partial charge in [-0.25, -0.2) is 8.78 Å². The number of halogens is 4. The number of hydrogen-bond acceptors (Lipinski definition) is 2. The molecular weight excluding hydrogens is 214 g/mol. The van der Waals surface area contributed by atoms with Gasteiger partial charge >= 0.3 is 12.3 Å². The molecule has 6 heteroatoms. The minimum atomic E-state index is -4.05. The summed E-state index contributed by atoms with van der Waals surface area (Å²) in [6.07, 6.45) is -1.76. The van der Waals surface area contributed by atoms with Crippen molar-refractivity contribution < 1.29 is 22.3 Å². The summed E-state index contributed by atoms with van der Waals surface area (Å²) in [5, 5.41) is 0. The van der Waals surface area contributed by atoms with Crippen molar-refractivity contribution in [1.29, 1.82) is 0 Å². The van der Waals surface area contributed by atoms with Gasteiger partial charge in [0.05, 0.1) is 6.10 Å². The molecule has 15 heavy (non-hydrogen) atoms. The lowest BCUT2D eigenvalue weighted by atomic mass is 10.1. The quantitative estimate of drug-likeness (QED) is 0.732. The van der Waals surface area contributed by atoms with Gasteiger partial charge in [-0.3, -0.25) is 0 Å². The van der Waals surface area contributed by atoms with Gasteiger partial charge in [0.15, 0.2) is 0 Å². The average molecular weight is 229 g/mol. The summed E-state index contributed by atoms with van der Waals surface area (Å²) < 4.78 is 53.5. The highest BCUT2D eigenvalue weighted by molar-refractivity contribution is 4.80. The fraction of sp³-hybridized carbons (Fsp3) is 1.00. The van der Waals surface area contributed by atoms with Crippen LogP contribution in [0.3, 0.4) is 0 Å². The van der Waals surface area contributed by atoms with E-state index in [1.165, 1.54) is 0 Å². The van der Waals surface area contributed by atoms with Crippen molar-refractivity contribution >= 4 is 0 Å². The first-order valence-corrected chi connectivity index (χ1v) is 4.95. The van der Waals surface area contributed by atoms with Gasteiger partial charge in [-0.15, -0.1) is 0 Å². The Bertz CT molecular complexity index is 201. The molecule has 1 rings (SSSR count). The summed E-state index contributed by atoms with van der Waals surface area (Å²) in [5.74, 6) is -4.03. The van der Waals surface area contributed by atoms with Crippen LogP contribution in [0.1, 0.15) is 19.3 Å². The van der Waals surface area contributed by atoms with Crippen molar-refractivity contribution in [2.24, 2.45) is 11.7 Å². The third-order valence-electron chi connectivity index (χ3n) is 2.70. The maximum absolute atomic E-state index is 12.5. The molecule has 0 radical (unpaired) electrons.